The largest absolute Gasteiger partial charge is 0.416 e. The molecule has 6 heteroatoms. The van der Waals surface area contributed by atoms with Gasteiger partial charge >= 0.3 is 6.18 Å². The highest BCUT2D eigenvalue weighted by atomic mass is 19.4. The summed E-state index contributed by atoms with van der Waals surface area (Å²) in [6, 6.07) is 3.46. The molecule has 0 aromatic heterocycles. The first kappa shape index (κ1) is 15.5. The van der Waals surface area contributed by atoms with E-state index in [-0.39, 0.29) is 19.1 Å². The van der Waals surface area contributed by atoms with Crippen LogP contribution in [0, 0.1) is 6.92 Å². The van der Waals surface area contributed by atoms with Gasteiger partial charge in [0.05, 0.1) is 5.56 Å². The van der Waals surface area contributed by atoms with Gasteiger partial charge in [-0.15, -0.1) is 0 Å². The van der Waals surface area contributed by atoms with Crippen molar-refractivity contribution in [2.75, 3.05) is 13.2 Å². The van der Waals surface area contributed by atoms with Crippen LogP contribution in [0.25, 0.3) is 0 Å². The van der Waals surface area contributed by atoms with Gasteiger partial charge in [0.25, 0.3) is 0 Å². The Morgan fingerprint density at radius 1 is 1.37 bits per heavy atom. The zero-order valence-corrected chi connectivity index (χ0v) is 10.8. The van der Waals surface area contributed by atoms with Gasteiger partial charge in [0.1, 0.15) is 6.61 Å². The zero-order valence-electron chi connectivity index (χ0n) is 10.8. The van der Waals surface area contributed by atoms with Crippen molar-refractivity contribution in [1.82, 2.24) is 5.32 Å². The summed E-state index contributed by atoms with van der Waals surface area (Å²) in [5.41, 5.74) is 0.457. The first-order valence-electron chi connectivity index (χ1n) is 5.85. The van der Waals surface area contributed by atoms with Crippen LogP contribution in [0.5, 0.6) is 0 Å². The summed E-state index contributed by atoms with van der Waals surface area (Å²) in [5.74, 6) is -0.291. The van der Waals surface area contributed by atoms with Crippen LogP contribution < -0.4 is 5.32 Å². The number of alkyl halides is 3. The highest BCUT2D eigenvalue weighted by Crippen LogP contribution is 2.30. The SMILES string of the molecule is CCOCC(=O)NCc1ccc(C(F)(F)F)cc1C. The number of ether oxygens (including phenoxy) is 1. The average Bonchev–Trinajstić information content (AvgIpc) is 2.33. The zero-order chi connectivity index (χ0) is 14.5. The van der Waals surface area contributed by atoms with Gasteiger partial charge in [0, 0.05) is 13.2 Å². The van der Waals surface area contributed by atoms with Gasteiger partial charge in [-0.05, 0) is 37.1 Å². The molecular weight excluding hydrogens is 259 g/mol. The number of hydrogen-bond donors (Lipinski definition) is 1. The summed E-state index contributed by atoms with van der Waals surface area (Å²) in [6.07, 6.45) is -4.35. The van der Waals surface area contributed by atoms with Gasteiger partial charge in [0.2, 0.25) is 5.91 Å². The van der Waals surface area contributed by atoms with Crippen LogP contribution in [0.15, 0.2) is 18.2 Å². The normalized spacial score (nSPS) is 11.4. The van der Waals surface area contributed by atoms with E-state index in [0.29, 0.717) is 17.7 Å². The number of aryl methyl sites for hydroxylation is 1. The Morgan fingerprint density at radius 2 is 2.05 bits per heavy atom. The maximum Gasteiger partial charge on any atom is 0.416 e. The molecule has 0 saturated carbocycles. The number of carbonyl (C=O) groups is 1. The van der Waals surface area contributed by atoms with Crippen LogP contribution in [0.1, 0.15) is 23.6 Å². The number of hydrogen-bond acceptors (Lipinski definition) is 2. The van der Waals surface area contributed by atoms with E-state index < -0.39 is 11.7 Å². The predicted octanol–water partition coefficient (Wildman–Crippen LogP) is 2.67. The first-order valence-corrected chi connectivity index (χ1v) is 5.85. The number of nitrogens with one attached hydrogen (secondary N) is 1. The first-order chi connectivity index (χ1) is 8.84. The Bertz CT molecular complexity index is 444. The molecule has 0 radical (unpaired) electrons. The van der Waals surface area contributed by atoms with Crippen molar-refractivity contribution >= 4 is 5.91 Å². The van der Waals surface area contributed by atoms with Crippen molar-refractivity contribution in [3.05, 3.63) is 34.9 Å². The molecule has 0 atom stereocenters. The van der Waals surface area contributed by atoms with Gasteiger partial charge in [-0.25, -0.2) is 0 Å². The minimum atomic E-state index is -4.35. The fourth-order valence-electron chi connectivity index (χ4n) is 1.51. The predicted molar refractivity (Wildman–Crippen MR) is 64.5 cm³/mol. The molecular formula is C13H16F3NO2. The Kier molecular flexibility index (Phi) is 5.35. The third-order valence-corrected chi connectivity index (χ3v) is 2.58. The van der Waals surface area contributed by atoms with Crippen molar-refractivity contribution in [1.29, 1.82) is 0 Å². The molecule has 1 amide bonds. The number of carbonyl (C=O) groups excluding carboxylic acids is 1. The van der Waals surface area contributed by atoms with Crippen molar-refractivity contribution < 1.29 is 22.7 Å². The van der Waals surface area contributed by atoms with Crippen LogP contribution in [0.4, 0.5) is 13.2 Å². The average molecular weight is 275 g/mol. The van der Waals surface area contributed by atoms with E-state index in [1.807, 2.05) is 0 Å². The van der Waals surface area contributed by atoms with Crippen LogP contribution in [0.2, 0.25) is 0 Å². The topological polar surface area (TPSA) is 38.3 Å². The Morgan fingerprint density at radius 3 is 2.58 bits per heavy atom. The maximum atomic E-state index is 12.5. The van der Waals surface area contributed by atoms with Gasteiger partial charge in [-0.1, -0.05) is 6.07 Å². The standard InChI is InChI=1S/C13H16F3NO2/c1-3-19-8-12(18)17-7-10-4-5-11(6-9(10)2)13(14,15)16/h4-6H,3,7-8H2,1-2H3,(H,17,18). The molecule has 0 aliphatic carbocycles. The molecule has 106 valence electrons. The van der Waals surface area contributed by atoms with Crippen LogP contribution >= 0.6 is 0 Å². The number of rotatable bonds is 5. The molecule has 1 aromatic rings. The van der Waals surface area contributed by atoms with Gasteiger partial charge < -0.3 is 10.1 Å². The van der Waals surface area contributed by atoms with Crippen molar-refractivity contribution in [2.24, 2.45) is 0 Å². The lowest BCUT2D eigenvalue weighted by Gasteiger charge is -2.11. The molecule has 0 bridgehead atoms. The highest BCUT2D eigenvalue weighted by Gasteiger charge is 2.30. The van der Waals surface area contributed by atoms with Crippen molar-refractivity contribution in [2.45, 2.75) is 26.6 Å². The number of halogens is 3. The summed E-state index contributed by atoms with van der Waals surface area (Å²) < 4.78 is 42.3. The molecule has 1 rings (SSSR count). The Hall–Kier alpha value is -1.56. The van der Waals surface area contributed by atoms with E-state index in [0.717, 1.165) is 12.1 Å². The molecule has 0 fully saturated rings. The lowest BCUT2D eigenvalue weighted by molar-refractivity contribution is -0.137. The van der Waals surface area contributed by atoms with Crippen molar-refractivity contribution in [3.63, 3.8) is 0 Å². The molecule has 0 aliphatic heterocycles. The maximum absolute atomic E-state index is 12.5. The fourth-order valence-corrected chi connectivity index (χ4v) is 1.51. The van der Waals surface area contributed by atoms with E-state index in [4.69, 9.17) is 4.74 Å². The third-order valence-electron chi connectivity index (χ3n) is 2.58. The molecule has 0 aliphatic rings. The monoisotopic (exact) mass is 275 g/mol. The van der Waals surface area contributed by atoms with E-state index in [1.165, 1.54) is 6.07 Å². The summed E-state index contributed by atoms with van der Waals surface area (Å²) in [6.45, 7) is 3.94. The summed E-state index contributed by atoms with van der Waals surface area (Å²) in [4.78, 5) is 11.3. The second kappa shape index (κ2) is 6.56. The third kappa shape index (κ3) is 4.90. The highest BCUT2D eigenvalue weighted by molar-refractivity contribution is 5.77. The number of amides is 1. The summed E-state index contributed by atoms with van der Waals surface area (Å²) >= 11 is 0. The van der Waals surface area contributed by atoms with Crippen LogP contribution in [-0.2, 0) is 22.3 Å². The van der Waals surface area contributed by atoms with E-state index >= 15 is 0 Å². The fraction of sp³-hybridized carbons (Fsp3) is 0.462. The molecule has 0 heterocycles. The lowest BCUT2D eigenvalue weighted by atomic mass is 10.0. The summed E-state index contributed by atoms with van der Waals surface area (Å²) in [7, 11) is 0. The minimum absolute atomic E-state index is 0.0455. The molecule has 0 spiro atoms. The molecule has 1 N–H and O–H groups in total. The lowest BCUT2D eigenvalue weighted by Crippen LogP contribution is -2.27. The number of benzene rings is 1. The van der Waals surface area contributed by atoms with Gasteiger partial charge in [0.15, 0.2) is 0 Å². The Balaban J connectivity index is 2.63. The quantitative estimate of drug-likeness (QED) is 0.897. The minimum Gasteiger partial charge on any atom is -0.372 e. The smallest absolute Gasteiger partial charge is 0.372 e. The van der Waals surface area contributed by atoms with E-state index in [2.05, 4.69) is 5.32 Å². The van der Waals surface area contributed by atoms with Crippen LogP contribution in [-0.4, -0.2) is 19.1 Å². The van der Waals surface area contributed by atoms with Crippen LogP contribution in [0.3, 0.4) is 0 Å². The second-order valence-corrected chi connectivity index (χ2v) is 4.05. The second-order valence-electron chi connectivity index (χ2n) is 4.05. The Labute approximate surface area is 109 Å². The molecule has 0 unspecified atom stereocenters. The van der Waals surface area contributed by atoms with E-state index in [9.17, 15) is 18.0 Å². The molecule has 1 aromatic carbocycles. The summed E-state index contributed by atoms with van der Waals surface area (Å²) in [5, 5.41) is 2.59. The molecule has 0 saturated heterocycles. The van der Waals surface area contributed by atoms with E-state index in [1.54, 1.807) is 13.8 Å². The van der Waals surface area contributed by atoms with Gasteiger partial charge in [-0.2, -0.15) is 13.2 Å². The van der Waals surface area contributed by atoms with Gasteiger partial charge in [-0.3, -0.25) is 4.79 Å². The molecule has 3 nitrogen and oxygen atoms in total. The molecule has 19 heavy (non-hydrogen) atoms. The van der Waals surface area contributed by atoms with Crippen molar-refractivity contribution in [3.8, 4) is 0 Å².